The molecule has 5 heteroatoms. The number of aryl methyl sites for hydroxylation is 1. The third-order valence-corrected chi connectivity index (χ3v) is 2.37. The van der Waals surface area contributed by atoms with Crippen molar-refractivity contribution in [2.45, 2.75) is 6.92 Å². The Kier molecular flexibility index (Phi) is 2.36. The van der Waals surface area contributed by atoms with E-state index in [1.807, 2.05) is 0 Å². The number of carbonyl (C=O) groups is 1. The quantitative estimate of drug-likeness (QED) is 0.746. The maximum absolute atomic E-state index is 11.0. The highest BCUT2D eigenvalue weighted by Gasteiger charge is 2.12. The van der Waals surface area contributed by atoms with Crippen LogP contribution in [0.5, 0.6) is 0 Å². The summed E-state index contributed by atoms with van der Waals surface area (Å²) >= 11 is 0. The second-order valence-electron chi connectivity index (χ2n) is 3.48. The molecule has 1 heterocycles. The number of rotatable bonds is 2. The SMILES string of the molecule is Cc1cc(-n2cccn2)cc(C(=O)O)c1N. The lowest BCUT2D eigenvalue weighted by molar-refractivity contribution is 0.0698. The van der Waals surface area contributed by atoms with E-state index in [9.17, 15) is 4.79 Å². The van der Waals surface area contributed by atoms with E-state index >= 15 is 0 Å². The smallest absolute Gasteiger partial charge is 0.337 e. The summed E-state index contributed by atoms with van der Waals surface area (Å²) in [5, 5.41) is 13.0. The summed E-state index contributed by atoms with van der Waals surface area (Å²) in [6, 6.07) is 5.08. The highest BCUT2D eigenvalue weighted by atomic mass is 16.4. The van der Waals surface area contributed by atoms with Crippen LogP contribution in [0.25, 0.3) is 5.69 Å². The van der Waals surface area contributed by atoms with Crippen molar-refractivity contribution < 1.29 is 9.90 Å². The molecule has 0 spiro atoms. The minimum absolute atomic E-state index is 0.102. The van der Waals surface area contributed by atoms with Gasteiger partial charge in [-0.2, -0.15) is 5.10 Å². The Bertz CT molecular complexity index is 532. The van der Waals surface area contributed by atoms with E-state index in [4.69, 9.17) is 10.8 Å². The lowest BCUT2D eigenvalue weighted by Crippen LogP contribution is -2.06. The molecule has 0 radical (unpaired) electrons. The number of nitrogen functional groups attached to an aromatic ring is 1. The zero-order valence-electron chi connectivity index (χ0n) is 8.71. The van der Waals surface area contributed by atoms with Gasteiger partial charge >= 0.3 is 5.97 Å². The maximum Gasteiger partial charge on any atom is 0.337 e. The third-order valence-electron chi connectivity index (χ3n) is 2.37. The van der Waals surface area contributed by atoms with Crippen LogP contribution in [0.2, 0.25) is 0 Å². The van der Waals surface area contributed by atoms with Crippen LogP contribution in [-0.4, -0.2) is 20.9 Å². The Balaban J connectivity index is 2.62. The van der Waals surface area contributed by atoms with Crippen LogP contribution in [0, 0.1) is 6.92 Å². The summed E-state index contributed by atoms with van der Waals surface area (Å²) in [6.07, 6.45) is 3.38. The van der Waals surface area contributed by atoms with Crippen molar-refractivity contribution >= 4 is 11.7 Å². The van der Waals surface area contributed by atoms with Crippen molar-refractivity contribution in [3.8, 4) is 5.69 Å². The largest absolute Gasteiger partial charge is 0.478 e. The van der Waals surface area contributed by atoms with E-state index in [0.717, 1.165) is 5.56 Å². The lowest BCUT2D eigenvalue weighted by Gasteiger charge is -2.08. The number of carboxylic acids is 1. The summed E-state index contributed by atoms with van der Waals surface area (Å²) in [7, 11) is 0. The molecule has 0 saturated carbocycles. The molecule has 2 rings (SSSR count). The lowest BCUT2D eigenvalue weighted by atomic mass is 10.1. The fourth-order valence-corrected chi connectivity index (χ4v) is 1.51. The number of benzene rings is 1. The molecule has 16 heavy (non-hydrogen) atoms. The number of nitrogens with zero attached hydrogens (tertiary/aromatic N) is 2. The van der Waals surface area contributed by atoms with Gasteiger partial charge in [0, 0.05) is 18.1 Å². The molecule has 0 aliphatic rings. The van der Waals surface area contributed by atoms with Crippen molar-refractivity contribution in [3.63, 3.8) is 0 Å². The summed E-state index contributed by atoms with van der Waals surface area (Å²) < 4.78 is 1.60. The Morgan fingerprint density at radius 3 is 2.81 bits per heavy atom. The van der Waals surface area contributed by atoms with E-state index in [2.05, 4.69) is 5.10 Å². The summed E-state index contributed by atoms with van der Waals surface area (Å²) in [4.78, 5) is 11.0. The molecule has 82 valence electrons. The van der Waals surface area contributed by atoms with Crippen molar-refractivity contribution in [1.29, 1.82) is 0 Å². The summed E-state index contributed by atoms with van der Waals surface area (Å²) in [5.41, 5.74) is 7.51. The number of aromatic carboxylic acids is 1. The summed E-state index contributed by atoms with van der Waals surface area (Å²) in [5.74, 6) is -1.03. The second kappa shape index (κ2) is 3.69. The van der Waals surface area contributed by atoms with Crippen molar-refractivity contribution in [2.24, 2.45) is 0 Å². The maximum atomic E-state index is 11.0. The normalized spacial score (nSPS) is 10.3. The average Bonchev–Trinajstić information content (AvgIpc) is 2.74. The van der Waals surface area contributed by atoms with Crippen LogP contribution in [0.3, 0.4) is 0 Å². The van der Waals surface area contributed by atoms with Gasteiger partial charge in [0.2, 0.25) is 0 Å². The fourth-order valence-electron chi connectivity index (χ4n) is 1.51. The molecule has 1 aromatic carbocycles. The molecule has 0 saturated heterocycles. The first-order valence-electron chi connectivity index (χ1n) is 4.73. The number of aromatic nitrogens is 2. The molecule has 0 unspecified atom stereocenters. The predicted molar refractivity (Wildman–Crippen MR) is 59.7 cm³/mol. The van der Waals surface area contributed by atoms with Crippen LogP contribution >= 0.6 is 0 Å². The number of carboxylic acid groups (broad SMARTS) is 1. The second-order valence-corrected chi connectivity index (χ2v) is 3.48. The zero-order valence-corrected chi connectivity index (χ0v) is 8.71. The predicted octanol–water partition coefficient (Wildman–Crippen LogP) is 1.46. The molecule has 0 bridgehead atoms. The fraction of sp³-hybridized carbons (Fsp3) is 0.0909. The number of nitrogens with two attached hydrogens (primary N) is 1. The topological polar surface area (TPSA) is 81.1 Å². The Morgan fingerprint density at radius 2 is 2.25 bits per heavy atom. The molecule has 0 atom stereocenters. The summed E-state index contributed by atoms with van der Waals surface area (Å²) in [6.45, 7) is 1.77. The highest BCUT2D eigenvalue weighted by Crippen LogP contribution is 2.21. The minimum Gasteiger partial charge on any atom is -0.478 e. The highest BCUT2D eigenvalue weighted by molar-refractivity contribution is 5.95. The molecular weight excluding hydrogens is 206 g/mol. The molecule has 0 amide bonds. The minimum atomic E-state index is -1.03. The van der Waals surface area contributed by atoms with Crippen molar-refractivity contribution in [1.82, 2.24) is 9.78 Å². The van der Waals surface area contributed by atoms with E-state index in [1.165, 1.54) is 6.07 Å². The Hall–Kier alpha value is -2.30. The zero-order chi connectivity index (χ0) is 11.7. The molecule has 0 aliphatic heterocycles. The average molecular weight is 217 g/mol. The van der Waals surface area contributed by atoms with Gasteiger partial charge in [0.25, 0.3) is 0 Å². The number of hydrogen-bond donors (Lipinski definition) is 2. The van der Waals surface area contributed by atoms with Gasteiger partial charge < -0.3 is 10.8 Å². The molecule has 0 aliphatic carbocycles. The first-order chi connectivity index (χ1) is 7.59. The van der Waals surface area contributed by atoms with E-state index in [0.29, 0.717) is 11.4 Å². The molecule has 2 aromatic rings. The van der Waals surface area contributed by atoms with Gasteiger partial charge in [-0.25, -0.2) is 9.48 Å². The first kappa shape index (κ1) is 10.2. The molecule has 0 fully saturated rings. The van der Waals surface area contributed by atoms with Crippen molar-refractivity contribution in [2.75, 3.05) is 5.73 Å². The van der Waals surface area contributed by atoms with Crippen LogP contribution in [0.4, 0.5) is 5.69 Å². The number of hydrogen-bond acceptors (Lipinski definition) is 3. The van der Waals surface area contributed by atoms with Gasteiger partial charge in [-0.3, -0.25) is 0 Å². The molecule has 5 nitrogen and oxygen atoms in total. The van der Waals surface area contributed by atoms with E-state index < -0.39 is 5.97 Å². The van der Waals surface area contributed by atoms with Gasteiger partial charge in [-0.1, -0.05) is 0 Å². The van der Waals surface area contributed by atoms with Gasteiger partial charge in [0.05, 0.1) is 11.3 Å². The standard InChI is InChI=1S/C11H11N3O2/c1-7-5-8(14-4-2-3-13-14)6-9(10(7)12)11(15)16/h2-6H,12H2,1H3,(H,15,16). The van der Waals surface area contributed by atoms with Crippen LogP contribution in [0.1, 0.15) is 15.9 Å². The van der Waals surface area contributed by atoms with Crippen LogP contribution in [0.15, 0.2) is 30.6 Å². The Labute approximate surface area is 92.1 Å². The monoisotopic (exact) mass is 217 g/mol. The first-order valence-corrected chi connectivity index (χ1v) is 4.73. The Morgan fingerprint density at radius 1 is 1.50 bits per heavy atom. The van der Waals surface area contributed by atoms with Gasteiger partial charge in [0.1, 0.15) is 0 Å². The van der Waals surface area contributed by atoms with Gasteiger partial charge in [-0.15, -0.1) is 0 Å². The number of anilines is 1. The van der Waals surface area contributed by atoms with Crippen molar-refractivity contribution in [3.05, 3.63) is 41.7 Å². The third kappa shape index (κ3) is 1.63. The molecule has 1 aromatic heterocycles. The van der Waals surface area contributed by atoms with E-state index in [1.54, 1.807) is 36.1 Å². The van der Waals surface area contributed by atoms with Gasteiger partial charge in [-0.05, 0) is 30.7 Å². The molecular formula is C11H11N3O2. The van der Waals surface area contributed by atoms with E-state index in [-0.39, 0.29) is 5.56 Å². The van der Waals surface area contributed by atoms with Crippen LogP contribution in [-0.2, 0) is 0 Å². The molecule has 3 N–H and O–H groups in total. The van der Waals surface area contributed by atoms with Crippen LogP contribution < -0.4 is 5.73 Å². The van der Waals surface area contributed by atoms with Gasteiger partial charge in [0.15, 0.2) is 0 Å².